The zero-order valence-corrected chi connectivity index (χ0v) is 14.9. The van der Waals surface area contributed by atoms with Gasteiger partial charge in [0.15, 0.2) is 0 Å². The van der Waals surface area contributed by atoms with Gasteiger partial charge < -0.3 is 10.6 Å². The van der Waals surface area contributed by atoms with Crippen LogP contribution >= 0.6 is 0 Å². The molecule has 2 aromatic carbocycles. The average molecular weight is 372 g/mol. The van der Waals surface area contributed by atoms with Crippen molar-refractivity contribution in [3.05, 3.63) is 71.4 Å². The van der Waals surface area contributed by atoms with Crippen molar-refractivity contribution < 1.29 is 13.2 Å². The second-order valence-electron chi connectivity index (χ2n) is 6.12. The molecule has 1 aromatic heterocycles. The van der Waals surface area contributed by atoms with Crippen LogP contribution in [0.5, 0.6) is 0 Å². The number of halogens is 3. The Hall–Kier alpha value is -3.09. The van der Waals surface area contributed by atoms with Crippen LogP contribution in [0.25, 0.3) is 0 Å². The highest BCUT2D eigenvalue weighted by Gasteiger charge is 2.35. The number of aryl methyl sites for hydroxylation is 2. The third-order valence-corrected chi connectivity index (χ3v) is 4.03. The third kappa shape index (κ3) is 4.75. The predicted molar refractivity (Wildman–Crippen MR) is 101 cm³/mol. The molecule has 4 nitrogen and oxygen atoms in total. The standard InChI is InChI=1S/C20H19F3N4/c1-3-14-6-10-15(11-7-14)25-18-17(20(21,22)23)12-24-19(27-18)26-16-8-4-13(2)5-9-16/h4-12H,3H2,1-2H3,(H2,24,25,26,27). The van der Waals surface area contributed by atoms with Crippen LogP contribution in [-0.4, -0.2) is 9.97 Å². The molecule has 0 aliphatic rings. The average Bonchev–Trinajstić information content (AvgIpc) is 2.63. The van der Waals surface area contributed by atoms with E-state index in [4.69, 9.17) is 0 Å². The van der Waals surface area contributed by atoms with Crippen molar-refractivity contribution in [2.75, 3.05) is 10.6 Å². The van der Waals surface area contributed by atoms with Gasteiger partial charge in [0.05, 0.1) is 0 Å². The lowest BCUT2D eigenvalue weighted by atomic mass is 10.1. The van der Waals surface area contributed by atoms with Crippen molar-refractivity contribution in [2.24, 2.45) is 0 Å². The molecule has 0 saturated carbocycles. The van der Waals surface area contributed by atoms with E-state index >= 15 is 0 Å². The fourth-order valence-electron chi connectivity index (χ4n) is 2.47. The van der Waals surface area contributed by atoms with Crippen LogP contribution in [0.4, 0.5) is 36.3 Å². The van der Waals surface area contributed by atoms with Gasteiger partial charge >= 0.3 is 6.18 Å². The number of anilines is 4. The number of benzene rings is 2. The number of nitrogens with zero attached hydrogens (tertiary/aromatic N) is 2. The summed E-state index contributed by atoms with van der Waals surface area (Å²) < 4.78 is 40.0. The van der Waals surface area contributed by atoms with Gasteiger partial charge in [0.25, 0.3) is 0 Å². The molecule has 0 atom stereocenters. The number of nitrogens with one attached hydrogen (secondary N) is 2. The second kappa shape index (κ2) is 7.65. The molecular weight excluding hydrogens is 353 g/mol. The number of aromatic nitrogens is 2. The molecule has 0 radical (unpaired) electrons. The SMILES string of the molecule is CCc1ccc(Nc2nc(Nc3ccc(C)cc3)ncc2C(F)(F)F)cc1. The Morgan fingerprint density at radius 2 is 1.48 bits per heavy atom. The van der Waals surface area contributed by atoms with E-state index in [2.05, 4.69) is 20.6 Å². The maximum Gasteiger partial charge on any atom is 0.421 e. The Morgan fingerprint density at radius 3 is 2.07 bits per heavy atom. The Morgan fingerprint density at radius 1 is 0.889 bits per heavy atom. The van der Waals surface area contributed by atoms with E-state index in [0.29, 0.717) is 11.4 Å². The van der Waals surface area contributed by atoms with Gasteiger partial charge in [0.2, 0.25) is 5.95 Å². The summed E-state index contributed by atoms with van der Waals surface area (Å²) in [7, 11) is 0. The monoisotopic (exact) mass is 372 g/mol. The molecule has 0 spiro atoms. The molecular formula is C20H19F3N4. The molecule has 7 heteroatoms. The van der Waals surface area contributed by atoms with Gasteiger partial charge in [0.1, 0.15) is 11.4 Å². The molecule has 0 bridgehead atoms. The first-order valence-electron chi connectivity index (χ1n) is 8.49. The Bertz CT molecular complexity index is 904. The van der Waals surface area contributed by atoms with E-state index in [1.54, 1.807) is 12.1 Å². The van der Waals surface area contributed by atoms with Crippen LogP contribution in [0.15, 0.2) is 54.7 Å². The smallest absolute Gasteiger partial charge is 0.340 e. The van der Waals surface area contributed by atoms with Crippen LogP contribution in [0.2, 0.25) is 0 Å². The zero-order chi connectivity index (χ0) is 19.4. The first-order valence-corrected chi connectivity index (χ1v) is 8.49. The number of hydrogen-bond acceptors (Lipinski definition) is 4. The lowest BCUT2D eigenvalue weighted by molar-refractivity contribution is -0.137. The number of alkyl halides is 3. The molecule has 27 heavy (non-hydrogen) atoms. The van der Waals surface area contributed by atoms with E-state index in [1.807, 2.05) is 50.2 Å². The molecule has 0 saturated heterocycles. The van der Waals surface area contributed by atoms with Crippen LogP contribution in [0.1, 0.15) is 23.6 Å². The summed E-state index contributed by atoms with van der Waals surface area (Å²) in [6, 6.07) is 14.6. The van der Waals surface area contributed by atoms with E-state index < -0.39 is 11.7 Å². The van der Waals surface area contributed by atoms with E-state index in [0.717, 1.165) is 23.7 Å². The van der Waals surface area contributed by atoms with E-state index in [1.165, 1.54) is 0 Å². The maximum absolute atomic E-state index is 13.3. The van der Waals surface area contributed by atoms with E-state index in [-0.39, 0.29) is 11.8 Å². The number of rotatable bonds is 5. The molecule has 0 aliphatic heterocycles. The van der Waals surface area contributed by atoms with Crippen molar-refractivity contribution in [1.82, 2.24) is 9.97 Å². The fourth-order valence-corrected chi connectivity index (χ4v) is 2.47. The lowest BCUT2D eigenvalue weighted by Gasteiger charge is -2.15. The van der Waals surface area contributed by atoms with E-state index in [9.17, 15) is 13.2 Å². The summed E-state index contributed by atoms with van der Waals surface area (Å²) in [5.74, 6) is -0.212. The Kier molecular flexibility index (Phi) is 5.30. The molecule has 1 heterocycles. The second-order valence-corrected chi connectivity index (χ2v) is 6.12. The first kappa shape index (κ1) is 18.7. The summed E-state index contributed by atoms with van der Waals surface area (Å²) in [6.07, 6.45) is -2.92. The number of hydrogen-bond donors (Lipinski definition) is 2. The van der Waals surface area contributed by atoms with Gasteiger partial charge in [0, 0.05) is 17.6 Å². The molecule has 0 unspecified atom stereocenters. The highest BCUT2D eigenvalue weighted by molar-refractivity contribution is 5.63. The van der Waals surface area contributed by atoms with Crippen LogP contribution in [-0.2, 0) is 12.6 Å². The van der Waals surface area contributed by atoms with Crippen molar-refractivity contribution in [2.45, 2.75) is 26.4 Å². The summed E-state index contributed by atoms with van der Waals surface area (Å²) in [5, 5.41) is 5.68. The van der Waals surface area contributed by atoms with Crippen LogP contribution in [0, 0.1) is 6.92 Å². The minimum absolute atomic E-state index is 0.0829. The quantitative estimate of drug-likeness (QED) is 0.589. The van der Waals surface area contributed by atoms with Gasteiger partial charge in [-0.3, -0.25) is 0 Å². The topological polar surface area (TPSA) is 49.8 Å². The zero-order valence-electron chi connectivity index (χ0n) is 14.9. The fraction of sp³-hybridized carbons (Fsp3) is 0.200. The summed E-state index contributed by atoms with van der Waals surface area (Å²) in [6.45, 7) is 3.96. The van der Waals surface area contributed by atoms with Crippen molar-refractivity contribution in [1.29, 1.82) is 0 Å². The van der Waals surface area contributed by atoms with Crippen LogP contribution in [0.3, 0.4) is 0 Å². The summed E-state index contributed by atoms with van der Waals surface area (Å²) >= 11 is 0. The van der Waals surface area contributed by atoms with Gasteiger partial charge in [-0.2, -0.15) is 18.2 Å². The Balaban J connectivity index is 1.91. The van der Waals surface area contributed by atoms with Crippen molar-refractivity contribution >= 4 is 23.1 Å². The maximum atomic E-state index is 13.3. The molecule has 0 fully saturated rings. The molecule has 3 rings (SSSR count). The summed E-state index contributed by atoms with van der Waals surface area (Å²) in [5.41, 5.74) is 2.47. The van der Waals surface area contributed by atoms with Crippen molar-refractivity contribution in [3.63, 3.8) is 0 Å². The minimum atomic E-state index is -4.56. The Labute approximate surface area is 155 Å². The molecule has 0 amide bonds. The largest absolute Gasteiger partial charge is 0.421 e. The van der Waals surface area contributed by atoms with Crippen molar-refractivity contribution in [3.8, 4) is 0 Å². The van der Waals surface area contributed by atoms with Gasteiger partial charge in [-0.15, -0.1) is 0 Å². The van der Waals surface area contributed by atoms with Gasteiger partial charge in [-0.1, -0.05) is 36.8 Å². The minimum Gasteiger partial charge on any atom is -0.340 e. The van der Waals surface area contributed by atoms with Crippen LogP contribution < -0.4 is 10.6 Å². The lowest BCUT2D eigenvalue weighted by Crippen LogP contribution is -2.12. The predicted octanol–water partition coefficient (Wildman–Crippen LogP) is 5.85. The summed E-state index contributed by atoms with van der Waals surface area (Å²) in [4.78, 5) is 7.85. The highest BCUT2D eigenvalue weighted by atomic mass is 19.4. The normalized spacial score (nSPS) is 11.3. The molecule has 140 valence electrons. The molecule has 2 N–H and O–H groups in total. The molecule has 0 aliphatic carbocycles. The molecule has 3 aromatic rings. The first-order chi connectivity index (χ1) is 12.8. The highest BCUT2D eigenvalue weighted by Crippen LogP contribution is 2.35. The van der Waals surface area contributed by atoms with Gasteiger partial charge in [-0.25, -0.2) is 4.98 Å². The third-order valence-electron chi connectivity index (χ3n) is 4.03. The van der Waals surface area contributed by atoms with Gasteiger partial charge in [-0.05, 0) is 43.2 Å².